The lowest BCUT2D eigenvalue weighted by Gasteiger charge is -2.42. The van der Waals surface area contributed by atoms with Gasteiger partial charge in [-0.05, 0) is 50.1 Å². The van der Waals surface area contributed by atoms with Crippen molar-refractivity contribution in [1.29, 1.82) is 0 Å². The van der Waals surface area contributed by atoms with Crippen molar-refractivity contribution >= 4 is 10.9 Å². The molecular weight excluding hydrogens is 471 g/mol. The number of halogens is 3. The summed E-state index contributed by atoms with van der Waals surface area (Å²) in [5.74, 6) is -2.13. The monoisotopic (exact) mass is 505 g/mol. The summed E-state index contributed by atoms with van der Waals surface area (Å²) in [6.45, 7) is 1.34. The molecule has 2 aromatic carbocycles. The van der Waals surface area contributed by atoms with Gasteiger partial charge in [-0.1, -0.05) is 18.2 Å². The first-order chi connectivity index (χ1) is 17.4. The van der Waals surface area contributed by atoms with Gasteiger partial charge in [0.05, 0.1) is 26.4 Å². The van der Waals surface area contributed by atoms with Crippen LogP contribution in [0.15, 0.2) is 42.5 Å². The van der Waals surface area contributed by atoms with Crippen LogP contribution in [-0.2, 0) is 6.42 Å². The van der Waals surface area contributed by atoms with E-state index in [0.717, 1.165) is 27.7 Å². The Balaban J connectivity index is 1.69. The van der Waals surface area contributed by atoms with E-state index in [0.29, 0.717) is 44.0 Å². The third kappa shape index (κ3) is 5.63. The highest BCUT2D eigenvalue weighted by molar-refractivity contribution is 5.85. The van der Waals surface area contributed by atoms with Gasteiger partial charge in [0.25, 0.3) is 5.92 Å². The molecule has 0 fully saturated rings. The molecule has 3 N–H and O–H groups in total. The van der Waals surface area contributed by atoms with Gasteiger partial charge < -0.3 is 24.9 Å². The number of aromatic amines is 1. The van der Waals surface area contributed by atoms with Gasteiger partial charge in [0, 0.05) is 40.8 Å². The normalized spacial score (nSPS) is 18.4. The Morgan fingerprint density at radius 3 is 2.75 bits per heavy atom. The minimum Gasteiger partial charge on any atom is -0.496 e. The number of aliphatic hydroxyl groups is 1. The molecular formula is C27H34F3N3O3. The van der Waals surface area contributed by atoms with Crippen molar-refractivity contribution in [1.82, 2.24) is 15.2 Å². The van der Waals surface area contributed by atoms with E-state index in [1.165, 1.54) is 0 Å². The number of methoxy groups -OCH3 is 1. The molecule has 0 saturated heterocycles. The van der Waals surface area contributed by atoms with Crippen molar-refractivity contribution in [3.8, 4) is 11.5 Å². The van der Waals surface area contributed by atoms with Crippen molar-refractivity contribution in [3.05, 3.63) is 59.3 Å². The zero-order valence-corrected chi connectivity index (χ0v) is 20.7. The molecule has 0 amide bonds. The molecule has 0 radical (unpaired) electrons. The molecule has 36 heavy (non-hydrogen) atoms. The first kappa shape index (κ1) is 26.3. The lowest BCUT2D eigenvalue weighted by Crippen LogP contribution is -2.49. The number of aromatic nitrogens is 1. The first-order valence-corrected chi connectivity index (χ1v) is 12.3. The number of nitrogens with zero attached hydrogens (tertiary/aromatic N) is 1. The molecule has 6 nitrogen and oxygen atoms in total. The zero-order chi connectivity index (χ0) is 25.7. The average Bonchev–Trinajstić information content (AvgIpc) is 3.24. The van der Waals surface area contributed by atoms with Gasteiger partial charge in [0.1, 0.15) is 24.7 Å². The van der Waals surface area contributed by atoms with Crippen LogP contribution >= 0.6 is 0 Å². The summed E-state index contributed by atoms with van der Waals surface area (Å²) >= 11 is 0. The van der Waals surface area contributed by atoms with E-state index in [9.17, 15) is 18.3 Å². The topological polar surface area (TPSA) is 69.8 Å². The Hall–Kier alpha value is -2.75. The maximum absolute atomic E-state index is 14.5. The van der Waals surface area contributed by atoms with Crippen LogP contribution in [-0.4, -0.2) is 73.6 Å². The molecule has 1 aliphatic heterocycles. The van der Waals surface area contributed by atoms with E-state index in [4.69, 9.17) is 9.47 Å². The second kappa shape index (κ2) is 11.5. The van der Waals surface area contributed by atoms with Crippen LogP contribution in [0.1, 0.15) is 36.2 Å². The molecule has 0 bridgehead atoms. The van der Waals surface area contributed by atoms with Crippen LogP contribution in [0.25, 0.3) is 10.9 Å². The van der Waals surface area contributed by atoms with E-state index in [-0.39, 0.29) is 12.7 Å². The number of hydrogen-bond acceptors (Lipinski definition) is 5. The van der Waals surface area contributed by atoms with E-state index in [2.05, 4.69) is 10.3 Å². The first-order valence-electron chi connectivity index (χ1n) is 12.3. The van der Waals surface area contributed by atoms with Gasteiger partial charge in [0.15, 0.2) is 0 Å². The van der Waals surface area contributed by atoms with Crippen molar-refractivity contribution in [2.75, 3.05) is 46.6 Å². The smallest absolute Gasteiger partial charge is 0.283 e. The molecule has 9 heteroatoms. The Bertz CT molecular complexity index is 1150. The van der Waals surface area contributed by atoms with Crippen molar-refractivity contribution in [2.24, 2.45) is 0 Å². The standard InChI is InChI=1S/C27H34F3N3O3/c1-18-14-22-20-6-3-4-7-23(20)32-25(22)26(33(18)16-27(29,30)17-34)21-9-8-19(15-24(21)35-2)36-13-12-31-11-5-10-28/h3-4,6-9,15,18,26,31-32,34H,5,10-14,16-17H2,1-2H3/t18-,26-/m1/s1. The van der Waals surface area contributed by atoms with Gasteiger partial charge in [-0.3, -0.25) is 9.29 Å². The highest BCUT2D eigenvalue weighted by Crippen LogP contribution is 2.45. The van der Waals surface area contributed by atoms with Crippen molar-refractivity contribution in [2.45, 2.75) is 37.8 Å². The Kier molecular flexibility index (Phi) is 8.43. The third-order valence-electron chi connectivity index (χ3n) is 6.70. The van der Waals surface area contributed by atoms with Crippen LogP contribution < -0.4 is 14.8 Å². The fourth-order valence-corrected chi connectivity index (χ4v) is 4.97. The summed E-state index contributed by atoms with van der Waals surface area (Å²) in [5.41, 5.74) is 3.65. The highest BCUT2D eigenvalue weighted by Gasteiger charge is 2.42. The quantitative estimate of drug-likeness (QED) is 0.317. The van der Waals surface area contributed by atoms with Crippen molar-refractivity contribution < 1.29 is 27.8 Å². The molecule has 2 atom stereocenters. The van der Waals surface area contributed by atoms with Crippen LogP contribution in [0, 0.1) is 0 Å². The van der Waals surface area contributed by atoms with Crippen LogP contribution in [0.2, 0.25) is 0 Å². The molecule has 4 rings (SSSR count). The summed E-state index contributed by atoms with van der Waals surface area (Å²) in [4.78, 5) is 5.21. The second-order valence-corrected chi connectivity index (χ2v) is 9.25. The summed E-state index contributed by atoms with van der Waals surface area (Å²) in [7, 11) is 1.55. The molecule has 3 aromatic rings. The second-order valence-electron chi connectivity index (χ2n) is 9.25. The minimum atomic E-state index is -3.25. The number of alkyl halides is 3. The molecule has 0 saturated carbocycles. The number of hydrogen-bond donors (Lipinski definition) is 3. The lowest BCUT2D eigenvalue weighted by molar-refractivity contribution is -0.0865. The summed E-state index contributed by atoms with van der Waals surface area (Å²) in [5, 5.41) is 13.5. The Morgan fingerprint density at radius 2 is 2.00 bits per heavy atom. The maximum atomic E-state index is 14.5. The molecule has 2 heterocycles. The molecule has 0 spiro atoms. The maximum Gasteiger partial charge on any atom is 0.283 e. The molecule has 0 unspecified atom stereocenters. The van der Waals surface area contributed by atoms with Crippen LogP contribution in [0.5, 0.6) is 11.5 Å². The number of para-hydroxylation sites is 1. The SMILES string of the molecule is COc1cc(OCCNCCCF)ccc1[C@@H]1c2[nH]c3ccccc3c2C[C@@H](C)N1CC(F)(F)CO. The number of ether oxygens (including phenoxy) is 2. The number of nitrogens with one attached hydrogen (secondary N) is 2. The third-order valence-corrected chi connectivity index (χ3v) is 6.70. The Labute approximate surface area is 209 Å². The molecule has 1 aromatic heterocycles. The van der Waals surface area contributed by atoms with Crippen LogP contribution in [0.3, 0.4) is 0 Å². The highest BCUT2D eigenvalue weighted by atomic mass is 19.3. The number of rotatable bonds is 12. The zero-order valence-electron chi connectivity index (χ0n) is 20.7. The predicted octanol–water partition coefficient (Wildman–Crippen LogP) is 4.47. The number of fused-ring (bicyclic) bond motifs is 3. The Morgan fingerprint density at radius 1 is 1.19 bits per heavy atom. The van der Waals surface area contributed by atoms with Gasteiger partial charge >= 0.3 is 0 Å². The fourth-order valence-electron chi connectivity index (χ4n) is 4.97. The molecule has 1 aliphatic rings. The average molecular weight is 506 g/mol. The molecule has 196 valence electrons. The van der Waals surface area contributed by atoms with Crippen molar-refractivity contribution in [3.63, 3.8) is 0 Å². The van der Waals surface area contributed by atoms with E-state index in [1.54, 1.807) is 18.1 Å². The number of aliphatic hydroxyl groups excluding tert-OH is 1. The van der Waals surface area contributed by atoms with Gasteiger partial charge in [0.2, 0.25) is 0 Å². The van der Waals surface area contributed by atoms with Gasteiger partial charge in [-0.15, -0.1) is 0 Å². The lowest BCUT2D eigenvalue weighted by atomic mass is 9.88. The number of H-pyrrole nitrogens is 1. The van der Waals surface area contributed by atoms with E-state index < -0.39 is 25.1 Å². The van der Waals surface area contributed by atoms with Gasteiger partial charge in [-0.2, -0.15) is 0 Å². The van der Waals surface area contributed by atoms with E-state index in [1.807, 2.05) is 43.3 Å². The molecule has 0 aliphatic carbocycles. The number of benzene rings is 2. The fraction of sp³-hybridized carbons (Fsp3) is 0.481. The largest absolute Gasteiger partial charge is 0.496 e. The minimum absolute atomic E-state index is 0.199. The predicted molar refractivity (Wildman–Crippen MR) is 134 cm³/mol. The van der Waals surface area contributed by atoms with E-state index >= 15 is 0 Å². The van der Waals surface area contributed by atoms with Crippen LogP contribution in [0.4, 0.5) is 13.2 Å². The summed E-state index contributed by atoms with van der Waals surface area (Å²) < 4.78 is 52.7. The summed E-state index contributed by atoms with van der Waals surface area (Å²) in [6.07, 6.45) is 1.07. The summed E-state index contributed by atoms with van der Waals surface area (Å²) in [6, 6.07) is 12.6. The van der Waals surface area contributed by atoms with Gasteiger partial charge in [-0.25, -0.2) is 8.78 Å².